The zero-order chi connectivity index (χ0) is 8.16. The Bertz CT molecular complexity index is 195. The number of hydrogen-bond acceptors (Lipinski definition) is 1. The Morgan fingerprint density at radius 2 is 1.83 bits per heavy atom. The molecule has 66 valence electrons. The van der Waals surface area contributed by atoms with Gasteiger partial charge in [0.05, 0.1) is 6.20 Å². The predicted octanol–water partition coefficient (Wildman–Crippen LogP) is -1.31. The maximum Gasteiger partial charge on any atom is 0.195 e. The number of halogens is 1. The minimum Gasteiger partial charge on any atom is -1.00 e. The Morgan fingerprint density at radius 1 is 1.25 bits per heavy atom. The molecule has 0 fully saturated rings. The van der Waals surface area contributed by atoms with Crippen LogP contribution in [-0.2, 0) is 0 Å². The van der Waals surface area contributed by atoms with E-state index in [1.165, 1.54) is 0 Å². The van der Waals surface area contributed by atoms with Crippen molar-refractivity contribution in [3.05, 3.63) is 37.7 Å². The van der Waals surface area contributed by atoms with Crippen LogP contribution in [0.25, 0.3) is 0 Å². The number of quaternary nitrogens is 1. The van der Waals surface area contributed by atoms with Crippen LogP contribution in [0.5, 0.6) is 0 Å². The zero-order valence-electron chi connectivity index (χ0n) is 6.99. The lowest BCUT2D eigenvalue weighted by molar-refractivity contribution is -0.765. The SMILES string of the molecule is C=CC[N+]1(CC=C)C=CN=C1.[Cl-]. The summed E-state index contributed by atoms with van der Waals surface area (Å²) in [6, 6.07) is 0. The van der Waals surface area contributed by atoms with E-state index in [0.29, 0.717) is 0 Å². The fourth-order valence-corrected chi connectivity index (χ4v) is 1.15. The molecule has 0 unspecified atom stereocenters. The van der Waals surface area contributed by atoms with Crippen molar-refractivity contribution in [2.75, 3.05) is 13.1 Å². The van der Waals surface area contributed by atoms with Crippen molar-refractivity contribution in [2.24, 2.45) is 4.99 Å². The summed E-state index contributed by atoms with van der Waals surface area (Å²) < 4.78 is 0.729. The van der Waals surface area contributed by atoms with Crippen molar-refractivity contribution >= 4 is 6.34 Å². The van der Waals surface area contributed by atoms with Crippen LogP contribution in [0.15, 0.2) is 42.7 Å². The molecule has 1 aliphatic rings. The highest BCUT2D eigenvalue weighted by molar-refractivity contribution is 5.51. The topological polar surface area (TPSA) is 12.4 Å². The highest BCUT2D eigenvalue weighted by atomic mass is 35.5. The first-order chi connectivity index (χ1) is 5.33. The molecule has 12 heavy (non-hydrogen) atoms. The highest BCUT2D eigenvalue weighted by Gasteiger charge is 2.21. The molecule has 0 bridgehead atoms. The van der Waals surface area contributed by atoms with Gasteiger partial charge in [0.2, 0.25) is 0 Å². The molecule has 2 nitrogen and oxygen atoms in total. The molecule has 0 aromatic rings. The van der Waals surface area contributed by atoms with Crippen LogP contribution in [0, 0.1) is 0 Å². The summed E-state index contributed by atoms with van der Waals surface area (Å²) in [6.07, 6.45) is 9.55. The van der Waals surface area contributed by atoms with Crippen LogP contribution in [0.3, 0.4) is 0 Å². The fraction of sp³-hybridized carbons (Fsp3) is 0.222. The molecular formula is C9H13ClN2. The average molecular weight is 185 g/mol. The molecule has 0 N–H and O–H groups in total. The van der Waals surface area contributed by atoms with E-state index in [0.717, 1.165) is 17.6 Å². The summed E-state index contributed by atoms with van der Waals surface area (Å²) in [5.74, 6) is 0. The largest absolute Gasteiger partial charge is 1.00 e. The second-order valence-electron chi connectivity index (χ2n) is 2.61. The maximum absolute atomic E-state index is 4.05. The molecule has 1 aliphatic heterocycles. The molecular weight excluding hydrogens is 172 g/mol. The lowest BCUT2D eigenvalue weighted by atomic mass is 10.4. The Hall–Kier alpha value is -0.860. The standard InChI is InChI=1S/C9H13N2.ClH/c1-3-6-11(7-4-2)8-5-10-9-11;/h3-5,8-9H,1-2,6-7H2;1H/q+1;/p-1. The van der Waals surface area contributed by atoms with Gasteiger partial charge in [0.1, 0.15) is 19.3 Å². The second-order valence-corrected chi connectivity index (χ2v) is 2.61. The summed E-state index contributed by atoms with van der Waals surface area (Å²) in [5, 5.41) is 0. The molecule has 0 saturated heterocycles. The van der Waals surface area contributed by atoms with Crippen LogP contribution >= 0.6 is 0 Å². The van der Waals surface area contributed by atoms with Gasteiger partial charge in [-0.2, -0.15) is 0 Å². The second kappa shape index (κ2) is 4.91. The monoisotopic (exact) mass is 184 g/mol. The molecule has 3 heteroatoms. The maximum atomic E-state index is 4.05. The minimum atomic E-state index is 0. The fourth-order valence-electron chi connectivity index (χ4n) is 1.15. The van der Waals surface area contributed by atoms with Gasteiger partial charge in [0, 0.05) is 0 Å². The average Bonchev–Trinajstić information content (AvgIpc) is 2.39. The molecule has 0 aromatic heterocycles. The van der Waals surface area contributed by atoms with Gasteiger partial charge in [0.25, 0.3) is 0 Å². The van der Waals surface area contributed by atoms with Crippen molar-refractivity contribution in [1.29, 1.82) is 0 Å². The number of aliphatic imine (C=N–C) groups is 1. The molecule has 0 amide bonds. The molecule has 0 spiro atoms. The van der Waals surface area contributed by atoms with E-state index in [9.17, 15) is 0 Å². The third kappa shape index (κ3) is 2.32. The van der Waals surface area contributed by atoms with E-state index in [-0.39, 0.29) is 12.4 Å². The van der Waals surface area contributed by atoms with Crippen molar-refractivity contribution < 1.29 is 16.9 Å². The quantitative estimate of drug-likeness (QED) is 0.380. The van der Waals surface area contributed by atoms with Crippen molar-refractivity contribution in [2.45, 2.75) is 0 Å². The normalized spacial score (nSPS) is 17.0. The first-order valence-corrected chi connectivity index (χ1v) is 3.63. The van der Waals surface area contributed by atoms with Gasteiger partial charge in [0.15, 0.2) is 6.34 Å². The highest BCUT2D eigenvalue weighted by Crippen LogP contribution is 2.10. The summed E-state index contributed by atoms with van der Waals surface area (Å²) >= 11 is 0. The van der Waals surface area contributed by atoms with Crippen molar-refractivity contribution in [3.8, 4) is 0 Å². The Morgan fingerprint density at radius 3 is 2.17 bits per heavy atom. The van der Waals surface area contributed by atoms with Gasteiger partial charge in [-0.25, -0.2) is 9.48 Å². The van der Waals surface area contributed by atoms with Crippen LogP contribution in [0.2, 0.25) is 0 Å². The van der Waals surface area contributed by atoms with Gasteiger partial charge < -0.3 is 12.4 Å². The summed E-state index contributed by atoms with van der Waals surface area (Å²) in [6.45, 7) is 9.17. The van der Waals surface area contributed by atoms with Gasteiger partial charge in [-0.15, -0.1) is 0 Å². The van der Waals surface area contributed by atoms with Crippen LogP contribution in [0.4, 0.5) is 0 Å². The summed E-state index contributed by atoms with van der Waals surface area (Å²) in [7, 11) is 0. The molecule has 0 saturated carbocycles. The van der Waals surface area contributed by atoms with E-state index in [1.54, 1.807) is 0 Å². The van der Waals surface area contributed by atoms with Gasteiger partial charge in [-0.05, 0) is 12.2 Å². The van der Waals surface area contributed by atoms with E-state index >= 15 is 0 Å². The number of nitrogens with zero attached hydrogens (tertiary/aromatic N) is 2. The van der Waals surface area contributed by atoms with E-state index in [2.05, 4.69) is 18.2 Å². The van der Waals surface area contributed by atoms with Crippen LogP contribution in [0.1, 0.15) is 0 Å². The van der Waals surface area contributed by atoms with E-state index in [1.807, 2.05) is 30.9 Å². The van der Waals surface area contributed by atoms with Crippen molar-refractivity contribution in [3.63, 3.8) is 0 Å². The molecule has 0 aliphatic carbocycles. The molecule has 0 atom stereocenters. The Labute approximate surface area is 79.6 Å². The molecule has 1 heterocycles. The third-order valence-corrected chi connectivity index (χ3v) is 1.68. The van der Waals surface area contributed by atoms with Gasteiger partial charge >= 0.3 is 0 Å². The minimum absolute atomic E-state index is 0. The van der Waals surface area contributed by atoms with Crippen LogP contribution in [-0.4, -0.2) is 23.9 Å². The lowest BCUT2D eigenvalue weighted by Gasteiger charge is -2.23. The van der Waals surface area contributed by atoms with Crippen LogP contribution < -0.4 is 12.4 Å². The predicted molar refractivity (Wildman–Crippen MR) is 48.0 cm³/mol. The van der Waals surface area contributed by atoms with Gasteiger partial charge in [-0.3, -0.25) is 0 Å². The first kappa shape index (κ1) is 11.1. The number of hydrogen-bond donors (Lipinski definition) is 0. The summed E-state index contributed by atoms with van der Waals surface area (Å²) in [5.41, 5.74) is 0. The number of rotatable bonds is 4. The lowest BCUT2D eigenvalue weighted by Crippen LogP contribution is -3.00. The molecule has 0 aromatic carbocycles. The Kier molecular flexibility index (Phi) is 4.55. The summed E-state index contributed by atoms with van der Waals surface area (Å²) in [4.78, 5) is 4.05. The van der Waals surface area contributed by atoms with E-state index in [4.69, 9.17) is 0 Å². The zero-order valence-corrected chi connectivity index (χ0v) is 7.74. The van der Waals surface area contributed by atoms with E-state index < -0.39 is 0 Å². The first-order valence-electron chi connectivity index (χ1n) is 3.63. The molecule has 0 radical (unpaired) electrons. The molecule has 1 rings (SSSR count). The van der Waals surface area contributed by atoms with Crippen molar-refractivity contribution in [1.82, 2.24) is 0 Å². The van der Waals surface area contributed by atoms with Gasteiger partial charge in [-0.1, -0.05) is 13.2 Å². The third-order valence-electron chi connectivity index (χ3n) is 1.68. The Balaban J connectivity index is 0.00000121. The smallest absolute Gasteiger partial charge is 0.195 e.